The molecule has 1 fully saturated rings. The lowest BCUT2D eigenvalue weighted by molar-refractivity contribution is -0.154. The van der Waals surface area contributed by atoms with E-state index in [4.69, 9.17) is 0 Å². The lowest BCUT2D eigenvalue weighted by Gasteiger charge is -2.36. The zero-order chi connectivity index (χ0) is 14.9. The molecule has 0 bridgehead atoms. The van der Waals surface area contributed by atoms with Crippen molar-refractivity contribution in [3.8, 4) is 0 Å². The van der Waals surface area contributed by atoms with Gasteiger partial charge in [-0.15, -0.1) is 0 Å². The zero-order valence-electron chi connectivity index (χ0n) is 12.8. The summed E-state index contributed by atoms with van der Waals surface area (Å²) in [7, 11) is 1.83. The standard InChI is InChI=1S/C16H25N3O2/c1-18(15(20)16(21)6-3-2-4-7-16)12-13-5-9-19-10-8-17-14(19)11-13/h8,10,13,21H,2-7,9,11-12H2,1H3/t13-/m0/s1. The van der Waals surface area contributed by atoms with E-state index in [2.05, 4.69) is 9.55 Å². The first-order valence-corrected chi connectivity index (χ1v) is 8.06. The van der Waals surface area contributed by atoms with Gasteiger partial charge in [0.25, 0.3) is 5.91 Å². The minimum atomic E-state index is -1.11. The van der Waals surface area contributed by atoms with E-state index in [0.717, 1.165) is 44.5 Å². The fourth-order valence-electron chi connectivity index (χ4n) is 3.75. The van der Waals surface area contributed by atoms with Crippen molar-refractivity contribution >= 4 is 5.91 Å². The van der Waals surface area contributed by atoms with Crippen LogP contribution < -0.4 is 0 Å². The summed E-state index contributed by atoms with van der Waals surface area (Å²) in [6.07, 6.45) is 10.1. The molecule has 2 aliphatic rings. The summed E-state index contributed by atoms with van der Waals surface area (Å²) in [6, 6.07) is 0. The van der Waals surface area contributed by atoms with Crippen LogP contribution in [0.3, 0.4) is 0 Å². The first-order valence-electron chi connectivity index (χ1n) is 8.06. The van der Waals surface area contributed by atoms with Crippen LogP contribution in [0, 0.1) is 5.92 Å². The summed E-state index contributed by atoms with van der Waals surface area (Å²) in [4.78, 5) is 18.7. The van der Waals surface area contributed by atoms with E-state index >= 15 is 0 Å². The van der Waals surface area contributed by atoms with Crippen LogP contribution in [0.4, 0.5) is 0 Å². The molecule has 116 valence electrons. The van der Waals surface area contributed by atoms with E-state index in [9.17, 15) is 9.90 Å². The predicted molar refractivity (Wildman–Crippen MR) is 79.7 cm³/mol. The molecule has 1 amide bonds. The third-order valence-electron chi connectivity index (χ3n) is 5.01. The Kier molecular flexibility index (Phi) is 4.02. The van der Waals surface area contributed by atoms with Gasteiger partial charge in [-0.05, 0) is 25.2 Å². The van der Waals surface area contributed by atoms with Gasteiger partial charge < -0.3 is 14.6 Å². The van der Waals surface area contributed by atoms with Crippen LogP contribution in [0.15, 0.2) is 12.4 Å². The van der Waals surface area contributed by atoms with Crippen LogP contribution in [0.1, 0.15) is 44.3 Å². The summed E-state index contributed by atoms with van der Waals surface area (Å²) in [6.45, 7) is 1.69. The second-order valence-electron chi connectivity index (χ2n) is 6.67. The van der Waals surface area contributed by atoms with Gasteiger partial charge in [-0.2, -0.15) is 0 Å². The number of aliphatic hydroxyl groups is 1. The van der Waals surface area contributed by atoms with E-state index in [1.807, 2.05) is 19.4 Å². The highest BCUT2D eigenvalue weighted by Crippen LogP contribution is 2.30. The number of likely N-dealkylation sites (N-methyl/N-ethyl adjacent to an activating group) is 1. The minimum Gasteiger partial charge on any atom is -0.380 e. The molecule has 0 unspecified atom stereocenters. The SMILES string of the molecule is CN(C[C@H]1CCn2ccnc2C1)C(=O)C1(O)CCCCC1. The van der Waals surface area contributed by atoms with Crippen molar-refractivity contribution in [2.24, 2.45) is 5.92 Å². The second kappa shape index (κ2) is 5.79. The molecule has 1 saturated carbocycles. The Bertz CT molecular complexity index is 505. The second-order valence-corrected chi connectivity index (χ2v) is 6.67. The molecule has 1 aliphatic heterocycles. The monoisotopic (exact) mass is 291 g/mol. The molecule has 2 heterocycles. The van der Waals surface area contributed by atoms with Crippen LogP contribution in [-0.2, 0) is 17.8 Å². The number of aromatic nitrogens is 2. The Morgan fingerprint density at radius 1 is 1.48 bits per heavy atom. The fraction of sp³-hybridized carbons (Fsp3) is 0.750. The van der Waals surface area contributed by atoms with Crippen molar-refractivity contribution in [3.63, 3.8) is 0 Å². The van der Waals surface area contributed by atoms with E-state index in [1.54, 1.807) is 4.90 Å². The van der Waals surface area contributed by atoms with Crippen molar-refractivity contribution in [3.05, 3.63) is 18.2 Å². The molecule has 0 aromatic carbocycles. The van der Waals surface area contributed by atoms with Crippen LogP contribution >= 0.6 is 0 Å². The first-order chi connectivity index (χ1) is 10.1. The van der Waals surface area contributed by atoms with Gasteiger partial charge >= 0.3 is 0 Å². The Morgan fingerprint density at radius 2 is 2.24 bits per heavy atom. The number of fused-ring (bicyclic) bond motifs is 1. The predicted octanol–water partition coefficient (Wildman–Crippen LogP) is 1.60. The third-order valence-corrected chi connectivity index (χ3v) is 5.01. The summed E-state index contributed by atoms with van der Waals surface area (Å²) in [5, 5.41) is 10.6. The Morgan fingerprint density at radius 3 is 3.00 bits per heavy atom. The molecule has 5 heteroatoms. The number of rotatable bonds is 3. The van der Waals surface area contributed by atoms with Gasteiger partial charge in [-0.3, -0.25) is 4.79 Å². The molecule has 1 aromatic rings. The molecule has 21 heavy (non-hydrogen) atoms. The minimum absolute atomic E-state index is 0.0869. The van der Waals surface area contributed by atoms with E-state index in [0.29, 0.717) is 25.3 Å². The number of carbonyl (C=O) groups is 1. The maximum atomic E-state index is 12.5. The van der Waals surface area contributed by atoms with Gasteiger partial charge in [0.2, 0.25) is 0 Å². The number of imidazole rings is 1. The van der Waals surface area contributed by atoms with Gasteiger partial charge in [0.05, 0.1) is 0 Å². The molecular formula is C16H25N3O2. The number of hydrogen-bond acceptors (Lipinski definition) is 3. The molecule has 3 rings (SSSR count). The molecular weight excluding hydrogens is 266 g/mol. The average Bonchev–Trinajstić information content (AvgIpc) is 2.94. The highest BCUT2D eigenvalue weighted by atomic mass is 16.3. The summed E-state index contributed by atoms with van der Waals surface area (Å²) in [5.74, 6) is 1.47. The molecule has 1 atom stereocenters. The fourth-order valence-corrected chi connectivity index (χ4v) is 3.75. The van der Waals surface area contributed by atoms with E-state index in [1.165, 1.54) is 0 Å². The van der Waals surface area contributed by atoms with E-state index < -0.39 is 5.60 Å². The number of nitrogens with zero attached hydrogens (tertiary/aromatic N) is 3. The van der Waals surface area contributed by atoms with Crippen molar-refractivity contribution in [2.45, 2.75) is 57.1 Å². The molecule has 1 aliphatic carbocycles. The molecule has 5 nitrogen and oxygen atoms in total. The van der Waals surface area contributed by atoms with Gasteiger partial charge in [-0.1, -0.05) is 19.3 Å². The first kappa shape index (κ1) is 14.6. The van der Waals surface area contributed by atoms with Gasteiger partial charge in [-0.25, -0.2) is 4.98 Å². The van der Waals surface area contributed by atoms with Crippen molar-refractivity contribution < 1.29 is 9.90 Å². The number of amides is 1. The van der Waals surface area contributed by atoms with Gasteiger partial charge in [0.15, 0.2) is 0 Å². The number of carbonyl (C=O) groups excluding carboxylic acids is 1. The maximum absolute atomic E-state index is 12.5. The number of hydrogen-bond donors (Lipinski definition) is 1. The number of aryl methyl sites for hydroxylation is 1. The van der Waals surface area contributed by atoms with Crippen LogP contribution in [-0.4, -0.2) is 44.7 Å². The van der Waals surface area contributed by atoms with Gasteiger partial charge in [0.1, 0.15) is 11.4 Å². The quantitative estimate of drug-likeness (QED) is 0.920. The average molecular weight is 291 g/mol. The Hall–Kier alpha value is -1.36. The van der Waals surface area contributed by atoms with Crippen molar-refractivity contribution in [2.75, 3.05) is 13.6 Å². The zero-order valence-corrected chi connectivity index (χ0v) is 12.8. The lowest BCUT2D eigenvalue weighted by Crippen LogP contribution is -2.50. The van der Waals surface area contributed by atoms with Gasteiger partial charge in [0, 0.05) is 39.0 Å². The Balaban J connectivity index is 1.59. The Labute approximate surface area is 126 Å². The molecule has 0 radical (unpaired) electrons. The summed E-state index contributed by atoms with van der Waals surface area (Å²) >= 11 is 0. The highest BCUT2D eigenvalue weighted by molar-refractivity contribution is 5.84. The maximum Gasteiger partial charge on any atom is 0.254 e. The van der Waals surface area contributed by atoms with E-state index in [-0.39, 0.29) is 5.91 Å². The summed E-state index contributed by atoms with van der Waals surface area (Å²) in [5.41, 5.74) is -1.11. The third kappa shape index (κ3) is 2.98. The van der Waals surface area contributed by atoms with Crippen LogP contribution in [0.2, 0.25) is 0 Å². The molecule has 0 saturated heterocycles. The van der Waals surface area contributed by atoms with Crippen LogP contribution in [0.5, 0.6) is 0 Å². The van der Waals surface area contributed by atoms with Crippen molar-refractivity contribution in [1.29, 1.82) is 0 Å². The smallest absolute Gasteiger partial charge is 0.254 e. The lowest BCUT2D eigenvalue weighted by atomic mass is 9.83. The van der Waals surface area contributed by atoms with Crippen LogP contribution in [0.25, 0.3) is 0 Å². The summed E-state index contributed by atoms with van der Waals surface area (Å²) < 4.78 is 2.19. The molecule has 0 spiro atoms. The largest absolute Gasteiger partial charge is 0.380 e. The highest BCUT2D eigenvalue weighted by Gasteiger charge is 2.39. The molecule has 1 aromatic heterocycles. The van der Waals surface area contributed by atoms with Crippen molar-refractivity contribution in [1.82, 2.24) is 14.5 Å². The normalized spacial score (nSPS) is 24.4. The molecule has 1 N–H and O–H groups in total. The topological polar surface area (TPSA) is 58.4 Å².